The predicted octanol–water partition coefficient (Wildman–Crippen LogP) is 2.95. The van der Waals surface area contributed by atoms with E-state index in [-0.39, 0.29) is 18.1 Å². The lowest BCUT2D eigenvalue weighted by atomic mass is 10.1. The molecule has 0 atom stereocenters. The van der Waals surface area contributed by atoms with Crippen LogP contribution in [0.1, 0.15) is 42.1 Å². The molecule has 1 aliphatic rings. The highest BCUT2D eigenvalue weighted by atomic mass is 19.1. The maximum Gasteiger partial charge on any atom is 0.318 e. The third-order valence-corrected chi connectivity index (χ3v) is 4.47. The molecule has 3 rings (SSSR count). The van der Waals surface area contributed by atoms with E-state index in [0.29, 0.717) is 24.6 Å². The molecule has 1 aromatic heterocycles. The van der Waals surface area contributed by atoms with E-state index < -0.39 is 5.82 Å². The lowest BCUT2D eigenvalue weighted by Gasteiger charge is -2.28. The Morgan fingerprint density at radius 2 is 2.26 bits per heavy atom. The molecular formula is C20H22FN5O. The van der Waals surface area contributed by atoms with Crippen molar-refractivity contribution < 1.29 is 9.18 Å². The summed E-state index contributed by atoms with van der Waals surface area (Å²) < 4.78 is 13.7. The summed E-state index contributed by atoms with van der Waals surface area (Å²) in [5, 5.41) is 11.6. The van der Waals surface area contributed by atoms with Crippen molar-refractivity contribution in [3.8, 4) is 6.07 Å². The van der Waals surface area contributed by atoms with Gasteiger partial charge in [0.25, 0.3) is 0 Å². The van der Waals surface area contributed by atoms with Crippen LogP contribution in [-0.2, 0) is 25.9 Å². The van der Waals surface area contributed by atoms with Crippen molar-refractivity contribution in [3.05, 3.63) is 58.4 Å². The quantitative estimate of drug-likeness (QED) is 0.901. The van der Waals surface area contributed by atoms with Gasteiger partial charge in [0.15, 0.2) is 0 Å². The van der Waals surface area contributed by atoms with Crippen LogP contribution >= 0.6 is 0 Å². The molecule has 0 fully saturated rings. The van der Waals surface area contributed by atoms with E-state index in [0.717, 1.165) is 29.9 Å². The monoisotopic (exact) mass is 367 g/mol. The van der Waals surface area contributed by atoms with Gasteiger partial charge < -0.3 is 10.2 Å². The minimum absolute atomic E-state index is 0.00500. The molecule has 1 aliphatic heterocycles. The van der Waals surface area contributed by atoms with Crippen LogP contribution in [0.25, 0.3) is 0 Å². The molecule has 7 heteroatoms. The van der Waals surface area contributed by atoms with Crippen LogP contribution in [0.3, 0.4) is 0 Å². The average Bonchev–Trinajstić information content (AvgIpc) is 2.65. The molecule has 0 bridgehead atoms. The number of nitriles is 1. The maximum atomic E-state index is 13.7. The van der Waals surface area contributed by atoms with Crippen LogP contribution in [0.15, 0.2) is 24.4 Å². The largest absolute Gasteiger partial charge is 0.334 e. The fourth-order valence-corrected chi connectivity index (χ4v) is 3.03. The molecule has 0 unspecified atom stereocenters. The summed E-state index contributed by atoms with van der Waals surface area (Å²) in [5.41, 5.74) is 2.58. The normalized spacial score (nSPS) is 13.2. The number of urea groups is 1. The Morgan fingerprint density at radius 1 is 1.44 bits per heavy atom. The number of carbonyl (C=O) groups is 1. The first-order valence-corrected chi connectivity index (χ1v) is 9.01. The highest BCUT2D eigenvalue weighted by molar-refractivity contribution is 5.74. The van der Waals surface area contributed by atoms with Gasteiger partial charge in [-0.05, 0) is 35.6 Å². The minimum atomic E-state index is -0.578. The van der Waals surface area contributed by atoms with Crippen molar-refractivity contribution >= 4 is 6.03 Å². The lowest BCUT2D eigenvalue weighted by molar-refractivity contribution is 0.190. The summed E-state index contributed by atoms with van der Waals surface area (Å²) in [7, 11) is 0. The number of benzene rings is 1. The van der Waals surface area contributed by atoms with Crippen LogP contribution < -0.4 is 5.32 Å². The molecule has 140 valence electrons. The van der Waals surface area contributed by atoms with Crippen molar-refractivity contribution in [2.75, 3.05) is 6.54 Å². The van der Waals surface area contributed by atoms with Crippen molar-refractivity contribution in [1.82, 2.24) is 20.2 Å². The van der Waals surface area contributed by atoms with Gasteiger partial charge >= 0.3 is 6.03 Å². The third-order valence-electron chi connectivity index (χ3n) is 4.47. The topological polar surface area (TPSA) is 81.9 Å². The van der Waals surface area contributed by atoms with Crippen molar-refractivity contribution in [3.63, 3.8) is 0 Å². The third kappa shape index (κ3) is 4.59. The smallest absolute Gasteiger partial charge is 0.318 e. The second-order valence-corrected chi connectivity index (χ2v) is 7.11. The summed E-state index contributed by atoms with van der Waals surface area (Å²) in [5.74, 6) is 0.698. The summed E-state index contributed by atoms with van der Waals surface area (Å²) in [6.45, 7) is 5.47. The van der Waals surface area contributed by atoms with Crippen LogP contribution in [0, 0.1) is 23.1 Å². The molecular weight excluding hydrogens is 345 g/mol. The van der Waals surface area contributed by atoms with Gasteiger partial charge in [0.1, 0.15) is 17.7 Å². The SMILES string of the molecule is CC(C)Cc1ncc2c(n1)CN(C(=O)NCc1ccc(C#N)c(F)c1)CC2. The van der Waals surface area contributed by atoms with Gasteiger partial charge in [0, 0.05) is 25.7 Å². The van der Waals surface area contributed by atoms with Gasteiger partial charge in [-0.15, -0.1) is 0 Å². The number of carbonyl (C=O) groups excluding carboxylic acids is 1. The molecule has 1 N–H and O–H groups in total. The molecule has 0 radical (unpaired) electrons. The predicted molar refractivity (Wildman–Crippen MR) is 98.0 cm³/mol. The molecule has 0 saturated heterocycles. The number of aromatic nitrogens is 2. The van der Waals surface area contributed by atoms with E-state index >= 15 is 0 Å². The standard InChI is InChI=1S/C20H22FN5O/c1-13(2)7-19-23-11-16-5-6-26(12-18(16)25-19)20(27)24-10-14-3-4-15(9-22)17(21)8-14/h3-4,8,11,13H,5-7,10,12H2,1-2H3,(H,24,27). The lowest BCUT2D eigenvalue weighted by Crippen LogP contribution is -2.42. The summed E-state index contributed by atoms with van der Waals surface area (Å²) in [4.78, 5) is 23.2. The van der Waals surface area contributed by atoms with E-state index in [9.17, 15) is 9.18 Å². The number of nitrogens with one attached hydrogen (secondary N) is 1. The Bertz CT molecular complexity index is 890. The Balaban J connectivity index is 1.62. The van der Waals surface area contributed by atoms with Gasteiger partial charge in [-0.3, -0.25) is 0 Å². The highest BCUT2D eigenvalue weighted by Crippen LogP contribution is 2.17. The van der Waals surface area contributed by atoms with E-state index in [1.165, 1.54) is 12.1 Å². The molecule has 27 heavy (non-hydrogen) atoms. The van der Waals surface area contributed by atoms with Crippen LogP contribution in [0.5, 0.6) is 0 Å². The highest BCUT2D eigenvalue weighted by Gasteiger charge is 2.22. The molecule has 2 heterocycles. The Labute approximate surface area is 158 Å². The van der Waals surface area contributed by atoms with Gasteiger partial charge in [-0.25, -0.2) is 19.2 Å². The van der Waals surface area contributed by atoms with E-state index in [4.69, 9.17) is 5.26 Å². The second-order valence-electron chi connectivity index (χ2n) is 7.11. The number of amides is 2. The number of hydrogen-bond donors (Lipinski definition) is 1. The number of rotatable bonds is 4. The first kappa shape index (κ1) is 18.8. The zero-order chi connectivity index (χ0) is 19.4. The minimum Gasteiger partial charge on any atom is -0.334 e. The van der Waals surface area contributed by atoms with Crippen molar-refractivity contribution in [2.45, 2.75) is 39.8 Å². The summed E-state index contributed by atoms with van der Waals surface area (Å²) in [6, 6.07) is 5.90. The number of hydrogen-bond acceptors (Lipinski definition) is 4. The fourth-order valence-electron chi connectivity index (χ4n) is 3.03. The van der Waals surface area contributed by atoms with Crippen molar-refractivity contribution in [2.24, 2.45) is 5.92 Å². The molecule has 0 spiro atoms. The molecule has 2 amide bonds. The fraction of sp³-hybridized carbons (Fsp3) is 0.400. The molecule has 0 saturated carbocycles. The molecule has 2 aromatic rings. The molecule has 6 nitrogen and oxygen atoms in total. The van der Waals surface area contributed by atoms with Crippen LogP contribution in [0.4, 0.5) is 9.18 Å². The summed E-state index contributed by atoms with van der Waals surface area (Å²) >= 11 is 0. The Hall–Kier alpha value is -3.01. The van der Waals surface area contributed by atoms with Gasteiger partial charge in [0.05, 0.1) is 17.8 Å². The number of fused-ring (bicyclic) bond motifs is 1. The zero-order valence-electron chi connectivity index (χ0n) is 15.5. The van der Waals surface area contributed by atoms with Crippen LogP contribution in [0.2, 0.25) is 0 Å². The zero-order valence-corrected chi connectivity index (χ0v) is 15.5. The Morgan fingerprint density at radius 3 is 2.96 bits per heavy atom. The second kappa shape index (κ2) is 8.12. The molecule has 0 aliphatic carbocycles. The summed E-state index contributed by atoms with van der Waals surface area (Å²) in [6.07, 6.45) is 3.40. The molecule has 1 aromatic carbocycles. The Kier molecular flexibility index (Phi) is 5.65. The van der Waals surface area contributed by atoms with E-state index in [1.54, 1.807) is 17.0 Å². The first-order valence-electron chi connectivity index (χ1n) is 9.01. The maximum absolute atomic E-state index is 13.7. The average molecular weight is 367 g/mol. The first-order chi connectivity index (χ1) is 13.0. The van der Waals surface area contributed by atoms with Gasteiger partial charge in [-0.1, -0.05) is 19.9 Å². The van der Waals surface area contributed by atoms with Gasteiger partial charge in [0.2, 0.25) is 0 Å². The van der Waals surface area contributed by atoms with Crippen LogP contribution in [-0.4, -0.2) is 27.4 Å². The van der Waals surface area contributed by atoms with E-state index in [2.05, 4.69) is 29.1 Å². The number of nitrogens with zero attached hydrogens (tertiary/aromatic N) is 4. The van der Waals surface area contributed by atoms with Gasteiger partial charge in [-0.2, -0.15) is 5.26 Å². The van der Waals surface area contributed by atoms with Crippen molar-refractivity contribution in [1.29, 1.82) is 5.26 Å². The number of halogens is 1. The van der Waals surface area contributed by atoms with E-state index in [1.807, 2.05) is 6.20 Å².